The van der Waals surface area contributed by atoms with Crippen molar-refractivity contribution in [3.05, 3.63) is 71.5 Å². The van der Waals surface area contributed by atoms with Crippen LogP contribution in [-0.4, -0.2) is 24.5 Å². The molecule has 0 amide bonds. The fraction of sp³-hybridized carbons (Fsp3) is 0.368. The van der Waals surface area contributed by atoms with Crippen LogP contribution in [0, 0.1) is 5.82 Å². The Kier molecular flexibility index (Phi) is 4.07. The van der Waals surface area contributed by atoms with Crippen LogP contribution in [0.15, 0.2) is 54.6 Å². The molecule has 1 unspecified atom stereocenters. The van der Waals surface area contributed by atoms with Gasteiger partial charge in [0.05, 0.1) is 0 Å². The molecule has 2 heteroatoms. The average molecular weight is 283 g/mol. The Bertz CT molecular complexity index is 578. The van der Waals surface area contributed by atoms with Gasteiger partial charge in [-0.2, -0.15) is 0 Å². The number of benzene rings is 2. The highest BCUT2D eigenvalue weighted by Gasteiger charge is 2.34. The number of halogens is 1. The van der Waals surface area contributed by atoms with Crippen LogP contribution in [0.2, 0.25) is 0 Å². The highest BCUT2D eigenvalue weighted by Crippen LogP contribution is 2.34. The van der Waals surface area contributed by atoms with Crippen molar-refractivity contribution in [2.45, 2.75) is 25.2 Å². The van der Waals surface area contributed by atoms with Crippen molar-refractivity contribution in [1.29, 1.82) is 0 Å². The van der Waals surface area contributed by atoms with Crippen molar-refractivity contribution in [2.75, 3.05) is 19.6 Å². The van der Waals surface area contributed by atoms with Gasteiger partial charge in [0.2, 0.25) is 0 Å². The molecule has 1 saturated heterocycles. The fourth-order valence-electron chi connectivity index (χ4n) is 3.27. The van der Waals surface area contributed by atoms with E-state index in [4.69, 9.17) is 0 Å². The zero-order chi connectivity index (χ0) is 14.7. The van der Waals surface area contributed by atoms with E-state index in [0.717, 1.165) is 32.5 Å². The second kappa shape index (κ2) is 5.98. The second-order valence-electron chi connectivity index (χ2n) is 6.33. The Balaban J connectivity index is 1.61. The first-order valence-corrected chi connectivity index (χ1v) is 7.68. The standard InChI is InChI=1S/C19H22FN/c1-19(17-7-9-18(20)10-8-17)12-14-21(15-19)13-11-16-5-3-2-4-6-16/h2-10H,11-15H2,1H3. The summed E-state index contributed by atoms with van der Waals surface area (Å²) in [7, 11) is 0. The first kappa shape index (κ1) is 14.3. The molecule has 1 fully saturated rings. The van der Waals surface area contributed by atoms with Gasteiger partial charge in [-0.1, -0.05) is 49.4 Å². The summed E-state index contributed by atoms with van der Waals surface area (Å²) in [6.45, 7) is 5.58. The third-order valence-electron chi connectivity index (χ3n) is 4.65. The van der Waals surface area contributed by atoms with Crippen LogP contribution in [0.1, 0.15) is 24.5 Å². The summed E-state index contributed by atoms with van der Waals surface area (Å²) in [6.07, 6.45) is 2.24. The first-order chi connectivity index (χ1) is 10.2. The lowest BCUT2D eigenvalue weighted by Gasteiger charge is -2.25. The van der Waals surface area contributed by atoms with Crippen LogP contribution in [0.3, 0.4) is 0 Å². The van der Waals surface area contributed by atoms with E-state index in [0.29, 0.717) is 0 Å². The molecule has 0 saturated carbocycles. The second-order valence-corrected chi connectivity index (χ2v) is 6.33. The predicted octanol–water partition coefficient (Wildman–Crippen LogP) is 4.03. The smallest absolute Gasteiger partial charge is 0.123 e. The molecular weight excluding hydrogens is 261 g/mol. The van der Waals surface area contributed by atoms with E-state index < -0.39 is 0 Å². The zero-order valence-corrected chi connectivity index (χ0v) is 12.6. The lowest BCUT2D eigenvalue weighted by molar-refractivity contribution is 0.320. The van der Waals surface area contributed by atoms with Crippen molar-refractivity contribution in [2.24, 2.45) is 0 Å². The highest BCUT2D eigenvalue weighted by molar-refractivity contribution is 5.27. The number of nitrogens with zero attached hydrogens (tertiary/aromatic N) is 1. The minimum absolute atomic E-state index is 0.152. The molecule has 2 aromatic carbocycles. The Hall–Kier alpha value is -1.67. The van der Waals surface area contributed by atoms with Crippen LogP contribution < -0.4 is 0 Å². The van der Waals surface area contributed by atoms with E-state index >= 15 is 0 Å². The van der Waals surface area contributed by atoms with Gasteiger partial charge in [0.1, 0.15) is 5.82 Å². The van der Waals surface area contributed by atoms with Crippen LogP contribution in [-0.2, 0) is 11.8 Å². The van der Waals surface area contributed by atoms with E-state index in [9.17, 15) is 4.39 Å². The Morgan fingerprint density at radius 2 is 1.76 bits per heavy atom. The van der Waals surface area contributed by atoms with Gasteiger partial charge in [0.25, 0.3) is 0 Å². The Morgan fingerprint density at radius 1 is 1.05 bits per heavy atom. The molecule has 0 spiro atoms. The van der Waals surface area contributed by atoms with E-state index in [1.165, 1.54) is 11.1 Å². The largest absolute Gasteiger partial charge is 0.302 e. The predicted molar refractivity (Wildman–Crippen MR) is 85.0 cm³/mol. The molecule has 1 aliphatic rings. The third-order valence-corrected chi connectivity index (χ3v) is 4.65. The summed E-state index contributed by atoms with van der Waals surface area (Å²) < 4.78 is 13.1. The van der Waals surface area contributed by atoms with Gasteiger partial charge in [-0.3, -0.25) is 0 Å². The number of likely N-dealkylation sites (tertiary alicyclic amines) is 1. The van der Waals surface area contributed by atoms with Gasteiger partial charge in [0, 0.05) is 18.5 Å². The van der Waals surface area contributed by atoms with Gasteiger partial charge in [-0.05, 0) is 42.6 Å². The quantitative estimate of drug-likeness (QED) is 0.819. The van der Waals surface area contributed by atoms with Crippen molar-refractivity contribution < 1.29 is 4.39 Å². The normalized spacial score (nSPS) is 22.6. The molecule has 0 aromatic heterocycles. The maximum absolute atomic E-state index is 13.1. The molecule has 0 radical (unpaired) electrons. The van der Waals surface area contributed by atoms with Gasteiger partial charge in [-0.15, -0.1) is 0 Å². The maximum Gasteiger partial charge on any atom is 0.123 e. The van der Waals surface area contributed by atoms with Crippen LogP contribution in [0.4, 0.5) is 4.39 Å². The maximum atomic E-state index is 13.1. The SMILES string of the molecule is CC1(c2ccc(F)cc2)CCN(CCc2ccccc2)C1. The molecule has 1 nitrogen and oxygen atoms in total. The van der Waals surface area contributed by atoms with Crippen LogP contribution in [0.25, 0.3) is 0 Å². The number of hydrogen-bond acceptors (Lipinski definition) is 1. The van der Waals surface area contributed by atoms with Gasteiger partial charge < -0.3 is 4.90 Å². The molecule has 110 valence electrons. The van der Waals surface area contributed by atoms with Gasteiger partial charge in [0.15, 0.2) is 0 Å². The average Bonchev–Trinajstić information content (AvgIpc) is 2.90. The summed E-state index contributed by atoms with van der Waals surface area (Å²) in [5.41, 5.74) is 2.81. The molecule has 3 rings (SSSR count). The molecule has 1 atom stereocenters. The van der Waals surface area contributed by atoms with Crippen molar-refractivity contribution >= 4 is 0 Å². The molecule has 1 aliphatic heterocycles. The summed E-state index contributed by atoms with van der Waals surface area (Å²) in [5.74, 6) is -0.152. The van der Waals surface area contributed by atoms with Gasteiger partial charge in [-0.25, -0.2) is 4.39 Å². The number of rotatable bonds is 4. The van der Waals surface area contributed by atoms with Gasteiger partial charge >= 0.3 is 0 Å². The lowest BCUT2D eigenvalue weighted by Crippen LogP contribution is -2.29. The number of hydrogen-bond donors (Lipinski definition) is 0. The third kappa shape index (κ3) is 3.33. The van der Waals surface area contributed by atoms with Crippen LogP contribution >= 0.6 is 0 Å². The lowest BCUT2D eigenvalue weighted by atomic mass is 9.82. The van der Waals surface area contributed by atoms with Crippen LogP contribution in [0.5, 0.6) is 0 Å². The topological polar surface area (TPSA) is 3.24 Å². The molecule has 2 aromatic rings. The summed E-state index contributed by atoms with van der Waals surface area (Å²) >= 11 is 0. The van der Waals surface area contributed by atoms with E-state index in [1.54, 1.807) is 12.1 Å². The van der Waals surface area contributed by atoms with E-state index in [-0.39, 0.29) is 11.2 Å². The zero-order valence-electron chi connectivity index (χ0n) is 12.6. The van der Waals surface area contributed by atoms with Crippen molar-refractivity contribution in [1.82, 2.24) is 4.90 Å². The Morgan fingerprint density at radius 3 is 2.48 bits per heavy atom. The first-order valence-electron chi connectivity index (χ1n) is 7.68. The van der Waals surface area contributed by atoms with Crippen molar-refractivity contribution in [3.8, 4) is 0 Å². The Labute approximate surface area is 126 Å². The minimum atomic E-state index is -0.152. The van der Waals surface area contributed by atoms with E-state index in [2.05, 4.69) is 42.2 Å². The molecule has 0 N–H and O–H groups in total. The minimum Gasteiger partial charge on any atom is -0.302 e. The highest BCUT2D eigenvalue weighted by atomic mass is 19.1. The summed E-state index contributed by atoms with van der Waals surface area (Å²) in [4.78, 5) is 2.52. The molecule has 21 heavy (non-hydrogen) atoms. The molecule has 1 heterocycles. The summed E-state index contributed by atoms with van der Waals surface area (Å²) in [5, 5.41) is 0. The fourth-order valence-corrected chi connectivity index (χ4v) is 3.27. The molecular formula is C19H22FN. The summed E-state index contributed by atoms with van der Waals surface area (Å²) in [6, 6.07) is 17.7. The molecule has 0 bridgehead atoms. The molecule has 0 aliphatic carbocycles. The van der Waals surface area contributed by atoms with E-state index in [1.807, 2.05) is 12.1 Å². The van der Waals surface area contributed by atoms with Crippen molar-refractivity contribution in [3.63, 3.8) is 0 Å². The monoisotopic (exact) mass is 283 g/mol.